The zero-order valence-corrected chi connectivity index (χ0v) is 11.5. The standard InChI is InChI=1S/C10H11FIN5/c1-6(13-2)10-14-15-16-17(10)9-4-3-7(11)5-8(9)12/h3-6,13H,1-2H3. The SMILES string of the molecule is CNC(C)c1nnnn1-c1ccc(F)cc1I. The van der Waals surface area contributed by atoms with Crippen LogP contribution in [0.25, 0.3) is 5.69 Å². The Balaban J connectivity index is 2.50. The summed E-state index contributed by atoms with van der Waals surface area (Å²) in [5, 5.41) is 14.6. The van der Waals surface area contributed by atoms with Gasteiger partial charge in [-0.15, -0.1) is 5.10 Å². The second-order valence-corrected chi connectivity index (χ2v) is 4.72. The molecule has 1 aromatic carbocycles. The number of hydrogen-bond donors (Lipinski definition) is 1. The van der Waals surface area contributed by atoms with Crippen LogP contribution < -0.4 is 5.32 Å². The Morgan fingerprint density at radius 2 is 2.24 bits per heavy atom. The smallest absolute Gasteiger partial charge is 0.173 e. The number of benzene rings is 1. The third-order valence-corrected chi connectivity index (χ3v) is 3.32. The maximum Gasteiger partial charge on any atom is 0.173 e. The predicted molar refractivity (Wildman–Crippen MR) is 69.3 cm³/mol. The molecule has 0 amide bonds. The zero-order chi connectivity index (χ0) is 12.4. The van der Waals surface area contributed by atoms with Crippen molar-refractivity contribution in [1.82, 2.24) is 25.5 Å². The van der Waals surface area contributed by atoms with Gasteiger partial charge in [-0.3, -0.25) is 0 Å². The van der Waals surface area contributed by atoms with E-state index < -0.39 is 0 Å². The van der Waals surface area contributed by atoms with E-state index in [4.69, 9.17) is 0 Å². The third-order valence-electron chi connectivity index (χ3n) is 2.45. The van der Waals surface area contributed by atoms with Gasteiger partial charge in [-0.1, -0.05) is 0 Å². The van der Waals surface area contributed by atoms with Crippen LogP contribution in [0.4, 0.5) is 4.39 Å². The van der Waals surface area contributed by atoms with Crippen molar-refractivity contribution < 1.29 is 4.39 Å². The molecule has 2 aromatic rings. The van der Waals surface area contributed by atoms with Crippen LogP contribution in [-0.2, 0) is 0 Å². The van der Waals surface area contributed by atoms with Crippen LogP contribution in [-0.4, -0.2) is 27.3 Å². The van der Waals surface area contributed by atoms with E-state index in [0.717, 1.165) is 9.26 Å². The molecule has 0 aliphatic heterocycles. The summed E-state index contributed by atoms with van der Waals surface area (Å²) in [6.45, 7) is 1.96. The van der Waals surface area contributed by atoms with E-state index >= 15 is 0 Å². The van der Waals surface area contributed by atoms with Crippen LogP contribution in [0.5, 0.6) is 0 Å². The summed E-state index contributed by atoms with van der Waals surface area (Å²) in [4.78, 5) is 0. The number of nitrogens with one attached hydrogen (secondary N) is 1. The summed E-state index contributed by atoms with van der Waals surface area (Å²) in [5.74, 6) is 0.423. The molecule has 1 N–H and O–H groups in total. The summed E-state index contributed by atoms with van der Waals surface area (Å²) < 4.78 is 15.4. The summed E-state index contributed by atoms with van der Waals surface area (Å²) in [7, 11) is 1.83. The van der Waals surface area contributed by atoms with Crippen molar-refractivity contribution >= 4 is 22.6 Å². The Labute approximate surface area is 112 Å². The van der Waals surface area contributed by atoms with Gasteiger partial charge in [-0.2, -0.15) is 4.68 Å². The first-order valence-corrected chi connectivity index (χ1v) is 6.12. The van der Waals surface area contributed by atoms with Crippen molar-refractivity contribution in [3.8, 4) is 5.69 Å². The minimum atomic E-state index is -0.269. The van der Waals surface area contributed by atoms with Gasteiger partial charge in [0.2, 0.25) is 0 Å². The fourth-order valence-electron chi connectivity index (χ4n) is 1.42. The number of aromatic nitrogens is 4. The van der Waals surface area contributed by atoms with Gasteiger partial charge in [0.15, 0.2) is 5.82 Å². The van der Waals surface area contributed by atoms with E-state index in [2.05, 4.69) is 43.4 Å². The molecule has 0 fully saturated rings. The van der Waals surface area contributed by atoms with Gasteiger partial charge in [0.1, 0.15) is 5.82 Å². The number of nitrogens with zero attached hydrogens (tertiary/aromatic N) is 4. The highest BCUT2D eigenvalue weighted by Crippen LogP contribution is 2.20. The molecular formula is C10H11FIN5. The maximum atomic E-state index is 13.0. The molecule has 2 rings (SSSR count). The van der Waals surface area contributed by atoms with Gasteiger partial charge < -0.3 is 5.32 Å². The second kappa shape index (κ2) is 5.05. The molecule has 7 heteroatoms. The first kappa shape index (κ1) is 12.4. The van der Waals surface area contributed by atoms with Crippen molar-refractivity contribution in [1.29, 1.82) is 0 Å². The quantitative estimate of drug-likeness (QED) is 0.859. The Morgan fingerprint density at radius 1 is 1.47 bits per heavy atom. The molecular weight excluding hydrogens is 336 g/mol. The lowest BCUT2D eigenvalue weighted by Gasteiger charge is -2.11. The molecule has 0 aliphatic rings. The lowest BCUT2D eigenvalue weighted by molar-refractivity contribution is 0.586. The molecule has 17 heavy (non-hydrogen) atoms. The molecule has 1 unspecified atom stereocenters. The Hall–Kier alpha value is -1.09. The summed E-state index contributed by atoms with van der Waals surface area (Å²) >= 11 is 2.06. The van der Waals surface area contributed by atoms with Crippen molar-refractivity contribution in [2.24, 2.45) is 0 Å². The van der Waals surface area contributed by atoms with Gasteiger partial charge in [0, 0.05) is 3.57 Å². The molecule has 0 saturated carbocycles. The monoisotopic (exact) mass is 347 g/mol. The molecule has 0 aliphatic carbocycles. The van der Waals surface area contributed by atoms with E-state index in [0.29, 0.717) is 5.82 Å². The van der Waals surface area contributed by atoms with E-state index in [1.54, 1.807) is 10.7 Å². The van der Waals surface area contributed by atoms with Crippen LogP contribution >= 0.6 is 22.6 Å². The van der Waals surface area contributed by atoms with Crippen molar-refractivity contribution in [3.05, 3.63) is 33.4 Å². The highest BCUT2D eigenvalue weighted by molar-refractivity contribution is 14.1. The molecule has 0 spiro atoms. The lowest BCUT2D eigenvalue weighted by Crippen LogP contribution is -2.18. The van der Waals surface area contributed by atoms with Crippen LogP contribution in [0.1, 0.15) is 18.8 Å². The molecule has 1 atom stereocenters. The first-order chi connectivity index (χ1) is 8.13. The third kappa shape index (κ3) is 2.44. The minimum Gasteiger partial charge on any atom is -0.311 e. The fourth-order valence-corrected chi connectivity index (χ4v) is 2.12. The van der Waals surface area contributed by atoms with Gasteiger partial charge in [-0.05, 0) is 65.2 Å². The van der Waals surface area contributed by atoms with E-state index in [1.165, 1.54) is 12.1 Å². The number of tetrazole rings is 1. The van der Waals surface area contributed by atoms with E-state index in [9.17, 15) is 4.39 Å². The Bertz CT molecular complexity index is 527. The average Bonchev–Trinajstić information content (AvgIpc) is 2.77. The highest BCUT2D eigenvalue weighted by atomic mass is 127. The Kier molecular flexibility index (Phi) is 3.67. The predicted octanol–water partition coefficient (Wildman–Crippen LogP) is 1.69. The summed E-state index contributed by atoms with van der Waals surface area (Å²) in [6.07, 6.45) is 0. The Morgan fingerprint density at radius 3 is 2.88 bits per heavy atom. The number of rotatable bonds is 3. The molecule has 0 radical (unpaired) electrons. The van der Waals surface area contributed by atoms with Gasteiger partial charge >= 0.3 is 0 Å². The normalized spacial score (nSPS) is 12.7. The zero-order valence-electron chi connectivity index (χ0n) is 9.35. The lowest BCUT2D eigenvalue weighted by atomic mass is 10.3. The molecule has 0 saturated heterocycles. The van der Waals surface area contributed by atoms with Crippen molar-refractivity contribution in [2.45, 2.75) is 13.0 Å². The maximum absolute atomic E-state index is 13.0. The van der Waals surface area contributed by atoms with Crippen LogP contribution in [0.15, 0.2) is 18.2 Å². The van der Waals surface area contributed by atoms with Crippen LogP contribution in [0.2, 0.25) is 0 Å². The van der Waals surface area contributed by atoms with Crippen LogP contribution in [0, 0.1) is 9.39 Å². The van der Waals surface area contributed by atoms with Gasteiger partial charge in [0.25, 0.3) is 0 Å². The van der Waals surface area contributed by atoms with E-state index in [-0.39, 0.29) is 11.9 Å². The average molecular weight is 347 g/mol. The van der Waals surface area contributed by atoms with E-state index in [1.807, 2.05) is 14.0 Å². The van der Waals surface area contributed by atoms with Crippen molar-refractivity contribution in [2.75, 3.05) is 7.05 Å². The molecule has 0 bridgehead atoms. The summed E-state index contributed by atoms with van der Waals surface area (Å²) in [6, 6.07) is 4.53. The molecule has 1 aromatic heterocycles. The first-order valence-electron chi connectivity index (χ1n) is 5.04. The highest BCUT2D eigenvalue weighted by Gasteiger charge is 2.15. The fraction of sp³-hybridized carbons (Fsp3) is 0.300. The van der Waals surface area contributed by atoms with Gasteiger partial charge in [0.05, 0.1) is 11.7 Å². The second-order valence-electron chi connectivity index (χ2n) is 3.55. The largest absolute Gasteiger partial charge is 0.311 e. The van der Waals surface area contributed by atoms with Crippen LogP contribution in [0.3, 0.4) is 0 Å². The van der Waals surface area contributed by atoms with Crippen molar-refractivity contribution in [3.63, 3.8) is 0 Å². The molecule has 1 heterocycles. The molecule has 5 nitrogen and oxygen atoms in total. The molecule has 90 valence electrons. The number of hydrogen-bond acceptors (Lipinski definition) is 4. The number of halogens is 2. The van der Waals surface area contributed by atoms with Gasteiger partial charge in [-0.25, -0.2) is 4.39 Å². The summed E-state index contributed by atoms with van der Waals surface area (Å²) in [5.41, 5.74) is 0.772. The topological polar surface area (TPSA) is 55.6 Å². The minimum absolute atomic E-state index is 0.0193.